The summed E-state index contributed by atoms with van der Waals surface area (Å²) in [6.45, 7) is 2.13. The molecule has 1 spiro atoms. The third kappa shape index (κ3) is 4.31. The van der Waals surface area contributed by atoms with Gasteiger partial charge in [-0.05, 0) is 61.4 Å². The van der Waals surface area contributed by atoms with Crippen molar-refractivity contribution in [3.63, 3.8) is 0 Å². The van der Waals surface area contributed by atoms with E-state index >= 15 is 0 Å². The fourth-order valence-corrected chi connectivity index (χ4v) is 6.10. The Morgan fingerprint density at radius 2 is 1.87 bits per heavy atom. The molecule has 0 amide bonds. The lowest BCUT2D eigenvalue weighted by Gasteiger charge is -2.47. The van der Waals surface area contributed by atoms with Crippen LogP contribution in [-0.4, -0.2) is 42.9 Å². The number of nitrogens with one attached hydrogen (secondary N) is 1. The van der Waals surface area contributed by atoms with Crippen molar-refractivity contribution in [3.8, 4) is 5.75 Å². The van der Waals surface area contributed by atoms with Gasteiger partial charge in [-0.1, -0.05) is 24.3 Å². The highest BCUT2D eigenvalue weighted by molar-refractivity contribution is 7.92. The van der Waals surface area contributed by atoms with Gasteiger partial charge in [0.25, 0.3) is 0 Å². The molecular weight excluding hydrogens is 412 g/mol. The van der Waals surface area contributed by atoms with Crippen molar-refractivity contribution in [3.05, 3.63) is 59.2 Å². The van der Waals surface area contributed by atoms with Gasteiger partial charge in [0.05, 0.1) is 12.4 Å². The Morgan fingerprint density at radius 3 is 2.61 bits per heavy atom. The van der Waals surface area contributed by atoms with E-state index in [0.717, 1.165) is 51.4 Å². The number of ether oxygens (including phenoxy) is 1. The summed E-state index contributed by atoms with van der Waals surface area (Å²) in [4.78, 5) is 2.62. The first kappa shape index (κ1) is 20.8. The molecule has 2 N–H and O–H groups in total. The molecule has 1 aliphatic carbocycles. The first-order valence-corrected chi connectivity index (χ1v) is 13.0. The number of aliphatic hydroxyl groups excluding tert-OH is 1. The number of hydrogen-bond donors (Lipinski definition) is 2. The number of aliphatic hydroxyl groups is 1. The lowest BCUT2D eigenvalue weighted by Crippen LogP contribution is -2.49. The van der Waals surface area contributed by atoms with Crippen molar-refractivity contribution in [1.29, 1.82) is 0 Å². The van der Waals surface area contributed by atoms with E-state index in [1.54, 1.807) is 18.2 Å². The summed E-state index contributed by atoms with van der Waals surface area (Å²) in [6, 6.07) is 14.5. The predicted molar refractivity (Wildman–Crippen MR) is 121 cm³/mol. The molecule has 2 heterocycles. The summed E-state index contributed by atoms with van der Waals surface area (Å²) in [6.07, 6.45) is 6.13. The number of benzene rings is 2. The molecule has 0 aromatic heterocycles. The highest BCUT2D eigenvalue weighted by Crippen LogP contribution is 2.47. The molecule has 1 unspecified atom stereocenters. The Kier molecular flexibility index (Phi) is 5.23. The summed E-state index contributed by atoms with van der Waals surface area (Å²) in [7, 11) is -3.36. The summed E-state index contributed by atoms with van der Waals surface area (Å²) in [5.74, 6) is 0.670. The van der Waals surface area contributed by atoms with Crippen LogP contribution in [-0.2, 0) is 23.0 Å². The van der Waals surface area contributed by atoms with Crippen molar-refractivity contribution in [2.45, 2.75) is 62.8 Å². The summed E-state index contributed by atoms with van der Waals surface area (Å²) >= 11 is 0. The lowest BCUT2D eigenvalue weighted by atomic mass is 9.75. The van der Waals surface area contributed by atoms with Gasteiger partial charge in [0, 0.05) is 36.8 Å². The number of fused-ring (bicyclic) bond motifs is 2. The summed E-state index contributed by atoms with van der Waals surface area (Å²) in [5, 5.41) is 10.9. The van der Waals surface area contributed by atoms with Crippen molar-refractivity contribution < 1.29 is 18.3 Å². The molecule has 0 bridgehead atoms. The van der Waals surface area contributed by atoms with Gasteiger partial charge < -0.3 is 9.84 Å². The molecule has 31 heavy (non-hydrogen) atoms. The second kappa shape index (κ2) is 7.80. The van der Waals surface area contributed by atoms with E-state index in [-0.39, 0.29) is 5.60 Å². The van der Waals surface area contributed by atoms with Gasteiger partial charge in [-0.25, -0.2) is 8.42 Å². The molecule has 1 atom stereocenters. The topological polar surface area (TPSA) is 78.9 Å². The highest BCUT2D eigenvalue weighted by Gasteiger charge is 2.44. The SMILES string of the molecule is CS(=O)(=O)Nc1ccc2c(c1)C(O)CC1(CCC(N3CCc4ccccc4C3)CC1)O2. The smallest absolute Gasteiger partial charge is 0.229 e. The molecule has 0 radical (unpaired) electrons. The zero-order valence-electron chi connectivity index (χ0n) is 17.9. The van der Waals surface area contributed by atoms with Crippen LogP contribution in [0.25, 0.3) is 0 Å². The van der Waals surface area contributed by atoms with Crippen LogP contribution in [0.2, 0.25) is 0 Å². The van der Waals surface area contributed by atoms with Crippen molar-refractivity contribution in [2.24, 2.45) is 0 Å². The standard InChI is InChI=1S/C24H30N2O4S/c1-31(28,29)25-19-6-7-23-21(14-19)22(27)15-24(30-23)11-8-20(9-12-24)26-13-10-17-4-2-3-5-18(17)16-26/h2-7,14,20,22,25,27H,8-13,15-16H2,1H3. The van der Waals surface area contributed by atoms with Crippen LogP contribution < -0.4 is 9.46 Å². The summed E-state index contributed by atoms with van der Waals surface area (Å²) in [5.41, 5.74) is 3.71. The number of sulfonamides is 1. The largest absolute Gasteiger partial charge is 0.487 e. The monoisotopic (exact) mass is 442 g/mol. The first-order chi connectivity index (χ1) is 14.8. The second-order valence-corrected chi connectivity index (χ2v) is 11.1. The molecule has 1 saturated carbocycles. The average Bonchev–Trinajstić information content (AvgIpc) is 2.73. The zero-order chi connectivity index (χ0) is 21.6. The minimum absolute atomic E-state index is 0.331. The van der Waals surface area contributed by atoms with E-state index in [4.69, 9.17) is 4.74 Å². The molecule has 3 aliphatic rings. The van der Waals surface area contributed by atoms with Gasteiger partial charge in [-0.15, -0.1) is 0 Å². The van der Waals surface area contributed by atoms with Gasteiger partial charge in [-0.3, -0.25) is 9.62 Å². The molecule has 2 aromatic carbocycles. The van der Waals surface area contributed by atoms with E-state index in [1.165, 1.54) is 11.1 Å². The molecule has 2 aliphatic heterocycles. The molecule has 0 saturated heterocycles. The number of hydrogen-bond acceptors (Lipinski definition) is 5. The predicted octanol–water partition coefficient (Wildman–Crippen LogP) is 3.61. The van der Waals surface area contributed by atoms with Crippen LogP contribution >= 0.6 is 0 Å². The Balaban J connectivity index is 1.26. The van der Waals surface area contributed by atoms with Gasteiger partial charge in [0.1, 0.15) is 11.4 Å². The fourth-order valence-electron chi connectivity index (χ4n) is 5.55. The Morgan fingerprint density at radius 1 is 1.13 bits per heavy atom. The fraction of sp³-hybridized carbons (Fsp3) is 0.500. The van der Waals surface area contributed by atoms with Gasteiger partial charge >= 0.3 is 0 Å². The van der Waals surface area contributed by atoms with E-state index in [0.29, 0.717) is 29.5 Å². The third-order valence-corrected chi connectivity index (χ3v) is 7.71. The maximum absolute atomic E-state index is 11.5. The Labute approximate surface area is 184 Å². The van der Waals surface area contributed by atoms with E-state index in [1.807, 2.05) is 0 Å². The number of rotatable bonds is 3. The van der Waals surface area contributed by atoms with Crippen LogP contribution in [0.4, 0.5) is 5.69 Å². The second-order valence-electron chi connectivity index (χ2n) is 9.35. The maximum Gasteiger partial charge on any atom is 0.229 e. The molecule has 166 valence electrons. The van der Waals surface area contributed by atoms with Crippen molar-refractivity contribution >= 4 is 15.7 Å². The molecule has 1 fully saturated rings. The Hall–Kier alpha value is -2.09. The van der Waals surface area contributed by atoms with Crippen LogP contribution in [0, 0.1) is 0 Å². The van der Waals surface area contributed by atoms with Crippen LogP contribution in [0.15, 0.2) is 42.5 Å². The Bertz CT molecular complexity index is 1080. The molecule has 7 heteroatoms. The third-order valence-electron chi connectivity index (χ3n) is 7.11. The maximum atomic E-state index is 11.5. The van der Waals surface area contributed by atoms with Gasteiger partial charge in [-0.2, -0.15) is 0 Å². The molecule has 5 rings (SSSR count). The van der Waals surface area contributed by atoms with Crippen LogP contribution in [0.3, 0.4) is 0 Å². The van der Waals surface area contributed by atoms with Crippen LogP contribution in [0.5, 0.6) is 5.75 Å². The highest BCUT2D eigenvalue weighted by atomic mass is 32.2. The average molecular weight is 443 g/mol. The van der Waals surface area contributed by atoms with E-state index in [9.17, 15) is 13.5 Å². The normalized spacial score (nSPS) is 28.5. The molecule has 6 nitrogen and oxygen atoms in total. The van der Waals surface area contributed by atoms with E-state index in [2.05, 4.69) is 33.9 Å². The lowest BCUT2D eigenvalue weighted by molar-refractivity contribution is -0.0539. The summed E-state index contributed by atoms with van der Waals surface area (Å²) < 4.78 is 32.0. The quantitative estimate of drug-likeness (QED) is 0.759. The minimum Gasteiger partial charge on any atom is -0.487 e. The molecular formula is C24H30N2O4S. The number of nitrogens with zero attached hydrogens (tertiary/aromatic N) is 1. The minimum atomic E-state index is -3.36. The van der Waals surface area contributed by atoms with E-state index < -0.39 is 16.1 Å². The van der Waals surface area contributed by atoms with Gasteiger partial charge in [0.2, 0.25) is 10.0 Å². The first-order valence-electron chi connectivity index (χ1n) is 11.1. The van der Waals surface area contributed by atoms with Crippen LogP contribution in [0.1, 0.15) is 54.9 Å². The van der Waals surface area contributed by atoms with Crippen molar-refractivity contribution in [1.82, 2.24) is 4.90 Å². The zero-order valence-corrected chi connectivity index (χ0v) is 18.7. The molecule has 2 aromatic rings. The van der Waals surface area contributed by atoms with Crippen molar-refractivity contribution in [2.75, 3.05) is 17.5 Å². The van der Waals surface area contributed by atoms with Gasteiger partial charge in [0.15, 0.2) is 0 Å². The number of anilines is 1.